The minimum absolute atomic E-state index is 0.115. The quantitative estimate of drug-likeness (QED) is 0.0441. The Bertz CT molecular complexity index is 554. The van der Waals surface area contributed by atoms with E-state index in [0.29, 0.717) is 18.4 Å². The predicted octanol–water partition coefficient (Wildman–Crippen LogP) is 13.7. The highest BCUT2D eigenvalue weighted by molar-refractivity contribution is 5.87. The van der Waals surface area contributed by atoms with Crippen molar-refractivity contribution >= 4 is 5.97 Å². The van der Waals surface area contributed by atoms with Crippen LogP contribution in [0, 0.1) is 11.8 Å². The Morgan fingerprint density at radius 3 is 1.10 bits per heavy atom. The monoisotopic (exact) mass is 577 g/mol. The van der Waals surface area contributed by atoms with Crippen molar-refractivity contribution in [3.8, 4) is 0 Å². The van der Waals surface area contributed by atoms with Gasteiger partial charge < -0.3 is 4.74 Å². The third kappa shape index (κ3) is 27.8. The lowest BCUT2D eigenvalue weighted by atomic mass is 9.89. The second kappa shape index (κ2) is 32.1. The van der Waals surface area contributed by atoms with Crippen LogP contribution in [0.1, 0.15) is 214 Å². The van der Waals surface area contributed by atoms with Crippen LogP contribution in [-0.2, 0) is 9.53 Å². The number of hydrogen-bond acceptors (Lipinski definition) is 2. The van der Waals surface area contributed by atoms with Gasteiger partial charge in [-0.2, -0.15) is 0 Å². The second-order valence-electron chi connectivity index (χ2n) is 13.4. The first-order chi connectivity index (χ1) is 20.1. The first kappa shape index (κ1) is 40.2. The molecule has 0 N–H and O–H groups in total. The first-order valence-electron chi connectivity index (χ1n) is 18.9. The highest BCUT2D eigenvalue weighted by Gasteiger charge is 2.18. The van der Waals surface area contributed by atoms with Crippen LogP contribution in [-0.4, -0.2) is 12.6 Å². The molecule has 2 unspecified atom stereocenters. The highest BCUT2D eigenvalue weighted by atomic mass is 16.5. The summed E-state index contributed by atoms with van der Waals surface area (Å²) in [6.07, 6.45) is 37.8. The zero-order chi connectivity index (χ0) is 30.2. The molecular formula is C39H76O2. The summed E-state index contributed by atoms with van der Waals surface area (Å²) in [5.41, 5.74) is 0.726. The summed E-state index contributed by atoms with van der Waals surface area (Å²) in [6.45, 7) is 14.0. The van der Waals surface area contributed by atoms with E-state index in [2.05, 4.69) is 34.3 Å². The van der Waals surface area contributed by atoms with Crippen molar-refractivity contribution in [3.63, 3.8) is 0 Å². The Morgan fingerprint density at radius 1 is 0.463 bits per heavy atom. The van der Waals surface area contributed by atoms with Crippen LogP contribution >= 0.6 is 0 Å². The van der Waals surface area contributed by atoms with E-state index in [4.69, 9.17) is 4.74 Å². The number of ether oxygens (including phenoxy) is 1. The Labute approximate surface area is 259 Å². The standard InChI is InChI=1S/C39H76O2/c1-6-10-14-18-20-24-27-31-37(30-26-22-16-12-8-3)34-36(5)39(40)41-35-38(32-28-23-17-13-9-4)33-29-25-21-19-15-11-7-2/h37-38H,5-35H2,1-4H3. The van der Waals surface area contributed by atoms with Gasteiger partial charge in [-0.25, -0.2) is 4.79 Å². The minimum atomic E-state index is -0.115. The molecule has 0 fully saturated rings. The number of hydrogen-bond donors (Lipinski definition) is 0. The number of carbonyl (C=O) groups excluding carboxylic acids is 1. The van der Waals surface area contributed by atoms with Crippen molar-refractivity contribution in [2.75, 3.05) is 6.61 Å². The van der Waals surface area contributed by atoms with Gasteiger partial charge in [-0.15, -0.1) is 0 Å². The molecule has 0 aliphatic heterocycles. The van der Waals surface area contributed by atoms with Gasteiger partial charge in [-0.05, 0) is 31.1 Å². The Kier molecular flexibility index (Phi) is 31.5. The van der Waals surface area contributed by atoms with Crippen LogP contribution in [0.3, 0.4) is 0 Å². The topological polar surface area (TPSA) is 26.3 Å². The third-order valence-electron chi connectivity index (χ3n) is 9.14. The molecule has 0 radical (unpaired) electrons. The number of esters is 1. The first-order valence-corrected chi connectivity index (χ1v) is 18.9. The fraction of sp³-hybridized carbons (Fsp3) is 0.923. The average Bonchev–Trinajstić information content (AvgIpc) is 2.97. The molecule has 0 amide bonds. The Morgan fingerprint density at radius 2 is 0.756 bits per heavy atom. The van der Waals surface area contributed by atoms with Gasteiger partial charge in [-0.1, -0.05) is 201 Å². The Balaban J connectivity index is 4.65. The normalized spacial score (nSPS) is 12.9. The van der Waals surface area contributed by atoms with Crippen LogP contribution in [0.5, 0.6) is 0 Å². The van der Waals surface area contributed by atoms with Gasteiger partial charge >= 0.3 is 5.97 Å². The summed E-state index contributed by atoms with van der Waals surface area (Å²) >= 11 is 0. The van der Waals surface area contributed by atoms with E-state index >= 15 is 0 Å². The van der Waals surface area contributed by atoms with E-state index in [1.807, 2.05) is 0 Å². The summed E-state index contributed by atoms with van der Waals surface area (Å²) < 4.78 is 5.95. The molecule has 2 heteroatoms. The molecule has 0 saturated heterocycles. The maximum Gasteiger partial charge on any atom is 0.333 e. The van der Waals surface area contributed by atoms with Crippen LogP contribution in [0.2, 0.25) is 0 Å². The maximum atomic E-state index is 13.0. The summed E-state index contributed by atoms with van der Waals surface area (Å²) in [4.78, 5) is 13.0. The molecular weight excluding hydrogens is 500 g/mol. The van der Waals surface area contributed by atoms with Crippen LogP contribution < -0.4 is 0 Å². The maximum absolute atomic E-state index is 13.0. The molecule has 41 heavy (non-hydrogen) atoms. The van der Waals surface area contributed by atoms with E-state index in [0.717, 1.165) is 12.0 Å². The van der Waals surface area contributed by atoms with Crippen molar-refractivity contribution in [2.24, 2.45) is 11.8 Å². The summed E-state index contributed by atoms with van der Waals surface area (Å²) in [6, 6.07) is 0. The molecule has 0 rings (SSSR count). The van der Waals surface area contributed by atoms with Crippen LogP contribution in [0.25, 0.3) is 0 Å². The van der Waals surface area contributed by atoms with Crippen molar-refractivity contribution < 1.29 is 9.53 Å². The van der Waals surface area contributed by atoms with Crippen LogP contribution in [0.4, 0.5) is 0 Å². The molecule has 2 atom stereocenters. The number of carbonyl (C=O) groups is 1. The average molecular weight is 577 g/mol. The summed E-state index contributed by atoms with van der Waals surface area (Å²) in [5.74, 6) is 0.997. The van der Waals surface area contributed by atoms with Gasteiger partial charge in [0.25, 0.3) is 0 Å². The van der Waals surface area contributed by atoms with E-state index in [9.17, 15) is 4.79 Å². The van der Waals surface area contributed by atoms with Crippen molar-refractivity contribution in [1.82, 2.24) is 0 Å². The SMILES string of the molecule is C=C(CC(CCCCCCC)CCCCCCCCC)C(=O)OCC(CCCCCCC)CCCCCCCCC. The van der Waals surface area contributed by atoms with Gasteiger partial charge in [0.2, 0.25) is 0 Å². The lowest BCUT2D eigenvalue weighted by Gasteiger charge is -2.20. The molecule has 0 aliphatic carbocycles. The van der Waals surface area contributed by atoms with Gasteiger partial charge in [0, 0.05) is 5.57 Å². The van der Waals surface area contributed by atoms with Crippen molar-refractivity contribution in [2.45, 2.75) is 214 Å². The minimum Gasteiger partial charge on any atom is -0.462 e. The van der Waals surface area contributed by atoms with Crippen molar-refractivity contribution in [1.29, 1.82) is 0 Å². The van der Waals surface area contributed by atoms with Gasteiger partial charge in [0.1, 0.15) is 0 Å². The van der Waals surface area contributed by atoms with Gasteiger partial charge in [0.05, 0.1) is 6.61 Å². The second-order valence-corrected chi connectivity index (χ2v) is 13.4. The lowest BCUT2D eigenvalue weighted by Crippen LogP contribution is -2.17. The zero-order valence-corrected chi connectivity index (χ0v) is 28.9. The molecule has 244 valence electrons. The lowest BCUT2D eigenvalue weighted by molar-refractivity contribution is -0.140. The molecule has 0 aromatic rings. The molecule has 0 aromatic carbocycles. The summed E-state index contributed by atoms with van der Waals surface area (Å²) in [7, 11) is 0. The fourth-order valence-corrected chi connectivity index (χ4v) is 6.24. The molecule has 0 spiro atoms. The van der Waals surface area contributed by atoms with Crippen molar-refractivity contribution in [3.05, 3.63) is 12.2 Å². The Hall–Kier alpha value is -0.790. The fourth-order valence-electron chi connectivity index (χ4n) is 6.24. The van der Waals surface area contributed by atoms with E-state index in [1.54, 1.807) is 0 Å². The number of rotatable bonds is 33. The highest BCUT2D eigenvalue weighted by Crippen LogP contribution is 2.26. The summed E-state index contributed by atoms with van der Waals surface area (Å²) in [5, 5.41) is 0. The number of unbranched alkanes of at least 4 members (excludes halogenated alkanes) is 20. The molecule has 0 aromatic heterocycles. The molecule has 0 saturated carbocycles. The third-order valence-corrected chi connectivity index (χ3v) is 9.14. The van der Waals surface area contributed by atoms with Gasteiger partial charge in [-0.3, -0.25) is 0 Å². The van der Waals surface area contributed by atoms with E-state index in [1.165, 1.54) is 180 Å². The largest absolute Gasteiger partial charge is 0.462 e. The zero-order valence-electron chi connectivity index (χ0n) is 28.9. The van der Waals surface area contributed by atoms with Crippen LogP contribution in [0.15, 0.2) is 12.2 Å². The smallest absolute Gasteiger partial charge is 0.333 e. The molecule has 0 heterocycles. The van der Waals surface area contributed by atoms with Gasteiger partial charge in [0.15, 0.2) is 0 Å². The van der Waals surface area contributed by atoms with E-state index < -0.39 is 0 Å². The molecule has 2 nitrogen and oxygen atoms in total. The van der Waals surface area contributed by atoms with E-state index in [-0.39, 0.29) is 5.97 Å². The molecule has 0 aliphatic rings. The predicted molar refractivity (Wildman–Crippen MR) is 184 cm³/mol. The molecule has 0 bridgehead atoms.